The van der Waals surface area contributed by atoms with Gasteiger partial charge in [0.15, 0.2) is 0 Å². The molecular weight excluding hydrogens is 412 g/mol. The molecule has 6 heteroatoms. The number of hydrogen-bond acceptors (Lipinski definition) is 6. The van der Waals surface area contributed by atoms with Crippen LogP contribution in [0.15, 0.2) is 22.9 Å². The Morgan fingerprint density at radius 3 is 1.47 bits per heavy atom. The summed E-state index contributed by atoms with van der Waals surface area (Å²) in [5.74, 6) is 2.17. The molecule has 1 aliphatic rings. The van der Waals surface area contributed by atoms with Crippen molar-refractivity contribution in [3.8, 4) is 11.5 Å². The topological polar surface area (TPSA) is 24.9 Å². The molecule has 0 saturated heterocycles. The van der Waals surface area contributed by atoms with Crippen LogP contribution in [0.4, 0.5) is 0 Å². The summed E-state index contributed by atoms with van der Waals surface area (Å²) in [4.78, 5) is 7.48. The van der Waals surface area contributed by atoms with Crippen LogP contribution in [-0.4, -0.2) is 50.2 Å². The third-order valence-corrected chi connectivity index (χ3v) is 7.43. The second kappa shape index (κ2) is 13.4. The van der Waals surface area contributed by atoms with Gasteiger partial charge >= 0.3 is 0 Å². The van der Waals surface area contributed by atoms with Crippen LogP contribution < -0.4 is 9.47 Å². The fourth-order valence-corrected chi connectivity index (χ4v) is 5.55. The van der Waals surface area contributed by atoms with Crippen LogP contribution in [0.25, 0.3) is 0 Å². The quantitative estimate of drug-likeness (QED) is 0.472. The molecule has 1 aliphatic heterocycles. The number of fused-ring (bicyclic) bond motifs is 2. The molecule has 0 atom stereocenters. The van der Waals surface area contributed by atoms with Gasteiger partial charge in [-0.1, -0.05) is 38.5 Å². The smallest absolute Gasteiger partial charge is 0.134 e. The van der Waals surface area contributed by atoms with Crippen LogP contribution in [0.2, 0.25) is 0 Å². The number of ether oxygens (including phenoxy) is 2. The zero-order valence-electron chi connectivity index (χ0n) is 18.7. The van der Waals surface area contributed by atoms with E-state index in [1.54, 1.807) is 0 Å². The van der Waals surface area contributed by atoms with Crippen molar-refractivity contribution in [1.82, 2.24) is 9.80 Å². The number of nitrogens with zero attached hydrogens (tertiary/aromatic N) is 2. The molecule has 2 aromatic rings. The third kappa shape index (κ3) is 8.22. The van der Waals surface area contributed by atoms with E-state index in [-0.39, 0.29) is 0 Å². The molecule has 3 heterocycles. The van der Waals surface area contributed by atoms with Crippen LogP contribution in [0, 0.1) is 0 Å². The maximum Gasteiger partial charge on any atom is 0.134 e. The lowest BCUT2D eigenvalue weighted by atomic mass is 10.1. The summed E-state index contributed by atoms with van der Waals surface area (Å²) in [5, 5.41) is 4.31. The Balaban J connectivity index is 1.54. The predicted molar refractivity (Wildman–Crippen MR) is 129 cm³/mol. The highest BCUT2D eigenvalue weighted by Gasteiger charge is 2.12. The SMILES string of the molecule is CN1CCN(C)Cc2sccc2OCCCCCCCCCCOc2ccsc2C1. The van der Waals surface area contributed by atoms with Crippen molar-refractivity contribution in [1.29, 1.82) is 0 Å². The third-order valence-electron chi connectivity index (χ3n) is 5.65. The zero-order chi connectivity index (χ0) is 21.0. The first-order valence-corrected chi connectivity index (χ1v) is 13.2. The van der Waals surface area contributed by atoms with Crippen LogP contribution in [-0.2, 0) is 13.1 Å². The highest BCUT2D eigenvalue weighted by atomic mass is 32.1. The second-order valence-electron chi connectivity index (χ2n) is 8.42. The van der Waals surface area contributed by atoms with E-state index in [1.165, 1.54) is 48.3 Å². The van der Waals surface area contributed by atoms with Crippen molar-refractivity contribution in [2.75, 3.05) is 40.4 Å². The molecule has 0 aliphatic carbocycles. The number of rotatable bonds is 0. The van der Waals surface area contributed by atoms with Gasteiger partial charge in [0.2, 0.25) is 0 Å². The standard InChI is InChI=1S/C24H38N2O2S2/c1-25-13-14-26(2)20-24-22(12-18-30-24)28-16-10-8-6-4-3-5-7-9-15-27-21-11-17-29-23(21)19-25/h11-12,17-18H,3-10,13-16,19-20H2,1-2H3. The van der Waals surface area contributed by atoms with Gasteiger partial charge in [-0.2, -0.15) is 0 Å². The normalized spacial score (nSPS) is 20.1. The molecule has 0 amide bonds. The Bertz CT molecular complexity index is 655. The van der Waals surface area contributed by atoms with E-state index >= 15 is 0 Å². The summed E-state index contributed by atoms with van der Waals surface area (Å²) >= 11 is 3.62. The second-order valence-corrected chi connectivity index (χ2v) is 10.4. The lowest BCUT2D eigenvalue weighted by Crippen LogP contribution is -2.30. The van der Waals surface area contributed by atoms with Gasteiger partial charge in [-0.15, -0.1) is 22.7 Å². The summed E-state index contributed by atoms with van der Waals surface area (Å²) in [6.45, 7) is 5.67. The average molecular weight is 451 g/mol. The predicted octanol–water partition coefficient (Wildman–Crippen LogP) is 6.27. The highest BCUT2D eigenvalue weighted by Crippen LogP contribution is 2.28. The van der Waals surface area contributed by atoms with Crippen molar-refractivity contribution in [2.24, 2.45) is 0 Å². The van der Waals surface area contributed by atoms with Gasteiger partial charge in [-0.25, -0.2) is 0 Å². The number of likely N-dealkylation sites (N-methyl/N-ethyl adjacent to an activating group) is 2. The van der Waals surface area contributed by atoms with E-state index in [0.29, 0.717) is 0 Å². The van der Waals surface area contributed by atoms with Crippen LogP contribution in [0.1, 0.15) is 61.1 Å². The largest absolute Gasteiger partial charge is 0.492 e. The van der Waals surface area contributed by atoms with E-state index in [9.17, 15) is 0 Å². The van der Waals surface area contributed by atoms with Crippen molar-refractivity contribution in [3.63, 3.8) is 0 Å². The van der Waals surface area contributed by atoms with E-state index in [1.807, 2.05) is 22.7 Å². The van der Waals surface area contributed by atoms with Gasteiger partial charge in [0.05, 0.1) is 23.0 Å². The molecule has 30 heavy (non-hydrogen) atoms. The zero-order valence-corrected chi connectivity index (χ0v) is 20.4. The molecule has 2 aromatic heterocycles. The molecule has 0 N–H and O–H groups in total. The van der Waals surface area contributed by atoms with Gasteiger partial charge < -0.3 is 9.47 Å². The van der Waals surface area contributed by atoms with Crippen LogP contribution >= 0.6 is 22.7 Å². The first-order valence-electron chi connectivity index (χ1n) is 11.5. The molecule has 4 nitrogen and oxygen atoms in total. The first kappa shape index (κ1) is 23.6. The minimum Gasteiger partial charge on any atom is -0.492 e. The Morgan fingerprint density at radius 1 is 0.633 bits per heavy atom. The molecule has 0 radical (unpaired) electrons. The van der Waals surface area contributed by atoms with Crippen LogP contribution in [0.5, 0.6) is 11.5 Å². The molecular formula is C24H38N2O2S2. The monoisotopic (exact) mass is 450 g/mol. The van der Waals surface area contributed by atoms with Crippen LogP contribution in [0.3, 0.4) is 0 Å². The Labute approximate surface area is 190 Å². The lowest BCUT2D eigenvalue weighted by Gasteiger charge is -2.22. The molecule has 0 unspecified atom stereocenters. The maximum atomic E-state index is 6.10. The van der Waals surface area contributed by atoms with Crippen molar-refractivity contribution < 1.29 is 9.47 Å². The van der Waals surface area contributed by atoms with Gasteiger partial charge in [0, 0.05) is 26.2 Å². The molecule has 0 bridgehead atoms. The molecule has 0 saturated carbocycles. The molecule has 0 spiro atoms. The van der Waals surface area contributed by atoms with E-state index in [4.69, 9.17) is 9.47 Å². The summed E-state index contributed by atoms with van der Waals surface area (Å²) in [5.41, 5.74) is 0. The summed E-state index contributed by atoms with van der Waals surface area (Å²) < 4.78 is 12.2. The Morgan fingerprint density at radius 2 is 1.03 bits per heavy atom. The Kier molecular flexibility index (Phi) is 10.5. The van der Waals surface area contributed by atoms with Crippen molar-refractivity contribution in [3.05, 3.63) is 32.6 Å². The number of hydrogen-bond donors (Lipinski definition) is 0. The summed E-state index contributed by atoms with van der Waals surface area (Å²) in [6, 6.07) is 4.27. The van der Waals surface area contributed by atoms with Crippen molar-refractivity contribution in [2.45, 2.75) is 64.5 Å². The minimum atomic E-state index is 0.844. The maximum absolute atomic E-state index is 6.10. The fourth-order valence-electron chi connectivity index (χ4n) is 3.76. The molecule has 3 rings (SSSR count). The van der Waals surface area contributed by atoms with Crippen molar-refractivity contribution >= 4 is 22.7 Å². The summed E-state index contributed by atoms with van der Waals surface area (Å²) in [6.07, 6.45) is 10.2. The van der Waals surface area contributed by atoms with E-state index in [0.717, 1.165) is 63.7 Å². The average Bonchev–Trinajstić information content (AvgIpc) is 3.36. The van der Waals surface area contributed by atoms with E-state index < -0.39 is 0 Å². The highest BCUT2D eigenvalue weighted by molar-refractivity contribution is 7.10. The lowest BCUT2D eigenvalue weighted by molar-refractivity contribution is 0.240. The molecule has 0 aromatic carbocycles. The fraction of sp³-hybridized carbons (Fsp3) is 0.667. The van der Waals surface area contributed by atoms with Gasteiger partial charge in [0.1, 0.15) is 11.5 Å². The molecule has 0 fully saturated rings. The minimum absolute atomic E-state index is 0.844. The van der Waals surface area contributed by atoms with E-state index in [2.05, 4.69) is 46.8 Å². The summed E-state index contributed by atoms with van der Waals surface area (Å²) in [7, 11) is 4.41. The number of thiophene rings is 2. The van der Waals surface area contributed by atoms with Gasteiger partial charge in [-0.05, 0) is 49.8 Å². The molecule has 168 valence electrons. The van der Waals surface area contributed by atoms with Gasteiger partial charge in [-0.3, -0.25) is 9.80 Å². The van der Waals surface area contributed by atoms with Gasteiger partial charge in [0.25, 0.3) is 0 Å². The Hall–Kier alpha value is -1.08. The first-order chi connectivity index (χ1) is 14.7.